The van der Waals surface area contributed by atoms with E-state index in [1.54, 1.807) is 11.9 Å². The Bertz CT molecular complexity index is 330. The van der Waals surface area contributed by atoms with Crippen LogP contribution in [0.1, 0.15) is 10.4 Å². The molecule has 0 fully saturated rings. The number of halogens is 2. The summed E-state index contributed by atoms with van der Waals surface area (Å²) in [5.41, 5.74) is 0.713. The fraction of sp³-hybridized carbons (Fsp3) is 0.300. The highest BCUT2D eigenvalue weighted by atomic mass is 127. The van der Waals surface area contributed by atoms with E-state index in [9.17, 15) is 4.79 Å². The minimum absolute atomic E-state index is 0.0177. The number of rotatable bonds is 3. The van der Waals surface area contributed by atoms with Crippen molar-refractivity contribution in [1.29, 1.82) is 0 Å². The van der Waals surface area contributed by atoms with E-state index < -0.39 is 0 Å². The molecule has 0 N–H and O–H groups in total. The molecule has 0 aliphatic carbocycles. The minimum atomic E-state index is 0.0177. The SMILES string of the molecule is CN(CCCl)C(=O)c1cccc(I)c1. The molecule has 0 aliphatic heterocycles. The standard InChI is InChI=1S/C10H11ClINO/c1-13(6-5-11)10(14)8-3-2-4-9(12)7-8/h2-4,7H,5-6H2,1H3. The van der Waals surface area contributed by atoms with Gasteiger partial charge in [0.05, 0.1) is 0 Å². The maximum absolute atomic E-state index is 11.8. The number of benzene rings is 1. The number of alkyl halides is 1. The summed E-state index contributed by atoms with van der Waals surface area (Å²) in [5, 5.41) is 0. The molecule has 0 saturated carbocycles. The average Bonchev–Trinajstić information content (AvgIpc) is 2.17. The summed E-state index contributed by atoms with van der Waals surface area (Å²) in [6.07, 6.45) is 0. The number of hydrogen-bond acceptors (Lipinski definition) is 1. The van der Waals surface area contributed by atoms with E-state index in [4.69, 9.17) is 11.6 Å². The van der Waals surface area contributed by atoms with Crippen molar-refractivity contribution in [3.8, 4) is 0 Å². The lowest BCUT2D eigenvalue weighted by atomic mass is 10.2. The molecule has 14 heavy (non-hydrogen) atoms. The Hall–Kier alpha value is -0.290. The average molecular weight is 324 g/mol. The van der Waals surface area contributed by atoms with Crippen molar-refractivity contribution < 1.29 is 4.79 Å². The molecule has 0 heterocycles. The molecule has 0 spiro atoms. The predicted octanol–water partition coefficient (Wildman–Crippen LogP) is 2.60. The van der Waals surface area contributed by atoms with E-state index in [0.717, 1.165) is 3.57 Å². The quantitative estimate of drug-likeness (QED) is 0.618. The van der Waals surface area contributed by atoms with Crippen molar-refractivity contribution in [2.45, 2.75) is 0 Å². The van der Waals surface area contributed by atoms with Gasteiger partial charge in [-0.3, -0.25) is 4.79 Å². The lowest BCUT2D eigenvalue weighted by Gasteiger charge is -2.15. The van der Waals surface area contributed by atoms with Crippen LogP contribution in [0.4, 0.5) is 0 Å². The number of amides is 1. The van der Waals surface area contributed by atoms with Crippen LogP contribution in [0.5, 0.6) is 0 Å². The summed E-state index contributed by atoms with van der Waals surface area (Å²) in [6.45, 7) is 0.575. The third-order valence-electron chi connectivity index (χ3n) is 1.84. The van der Waals surface area contributed by atoms with Gasteiger partial charge < -0.3 is 4.90 Å². The van der Waals surface area contributed by atoms with Gasteiger partial charge in [-0.05, 0) is 40.8 Å². The van der Waals surface area contributed by atoms with E-state index >= 15 is 0 Å². The molecule has 4 heteroatoms. The van der Waals surface area contributed by atoms with E-state index in [2.05, 4.69) is 22.6 Å². The second-order valence-electron chi connectivity index (χ2n) is 2.93. The topological polar surface area (TPSA) is 20.3 Å². The minimum Gasteiger partial charge on any atom is -0.341 e. The van der Waals surface area contributed by atoms with Crippen LogP contribution in [0.2, 0.25) is 0 Å². The monoisotopic (exact) mass is 323 g/mol. The second kappa shape index (κ2) is 5.56. The maximum atomic E-state index is 11.8. The molecule has 1 rings (SSSR count). The normalized spacial score (nSPS) is 9.93. The molecular weight excluding hydrogens is 312 g/mol. The molecule has 0 saturated heterocycles. The van der Waals surface area contributed by atoms with E-state index in [1.807, 2.05) is 24.3 Å². The predicted molar refractivity (Wildman–Crippen MR) is 66.8 cm³/mol. The van der Waals surface area contributed by atoms with Gasteiger partial charge in [0.1, 0.15) is 0 Å². The van der Waals surface area contributed by atoms with Crippen LogP contribution in [0.15, 0.2) is 24.3 Å². The lowest BCUT2D eigenvalue weighted by molar-refractivity contribution is 0.0803. The molecular formula is C10H11ClINO. The molecule has 0 bridgehead atoms. The fourth-order valence-corrected chi connectivity index (χ4v) is 1.87. The first-order valence-electron chi connectivity index (χ1n) is 4.22. The summed E-state index contributed by atoms with van der Waals surface area (Å²) in [7, 11) is 1.75. The molecule has 0 aromatic heterocycles. The van der Waals surface area contributed by atoms with Crippen LogP contribution < -0.4 is 0 Å². The van der Waals surface area contributed by atoms with Gasteiger partial charge in [-0.1, -0.05) is 6.07 Å². The number of carbonyl (C=O) groups excluding carboxylic acids is 1. The zero-order valence-corrected chi connectivity index (χ0v) is 10.7. The lowest BCUT2D eigenvalue weighted by Crippen LogP contribution is -2.28. The molecule has 0 radical (unpaired) electrons. The van der Waals surface area contributed by atoms with Gasteiger partial charge in [-0.2, -0.15) is 0 Å². The van der Waals surface area contributed by atoms with Gasteiger partial charge in [-0.15, -0.1) is 11.6 Å². The van der Waals surface area contributed by atoms with E-state index in [1.165, 1.54) is 0 Å². The van der Waals surface area contributed by atoms with E-state index in [-0.39, 0.29) is 5.91 Å². The molecule has 0 atom stereocenters. The summed E-state index contributed by atoms with van der Waals surface area (Å²) in [5.74, 6) is 0.482. The van der Waals surface area contributed by atoms with Gasteiger partial charge in [-0.25, -0.2) is 0 Å². The molecule has 0 unspecified atom stereocenters. The van der Waals surface area contributed by atoms with Crippen molar-refractivity contribution in [2.75, 3.05) is 19.5 Å². The highest BCUT2D eigenvalue weighted by Crippen LogP contribution is 2.09. The summed E-state index contributed by atoms with van der Waals surface area (Å²) in [4.78, 5) is 13.4. The Labute approximate surface area is 102 Å². The molecule has 1 aromatic rings. The smallest absolute Gasteiger partial charge is 0.253 e. The first-order chi connectivity index (χ1) is 6.65. The second-order valence-corrected chi connectivity index (χ2v) is 4.55. The zero-order chi connectivity index (χ0) is 10.6. The van der Waals surface area contributed by atoms with Gasteiger partial charge in [0.2, 0.25) is 0 Å². The van der Waals surface area contributed by atoms with Gasteiger partial charge in [0.15, 0.2) is 0 Å². The largest absolute Gasteiger partial charge is 0.341 e. The van der Waals surface area contributed by atoms with Crippen LogP contribution in [-0.4, -0.2) is 30.3 Å². The van der Waals surface area contributed by atoms with Crippen molar-refractivity contribution in [3.05, 3.63) is 33.4 Å². The van der Waals surface area contributed by atoms with Crippen molar-refractivity contribution >= 4 is 40.1 Å². The zero-order valence-electron chi connectivity index (χ0n) is 7.84. The van der Waals surface area contributed by atoms with Crippen LogP contribution in [0, 0.1) is 3.57 Å². The van der Waals surface area contributed by atoms with Crippen LogP contribution in [-0.2, 0) is 0 Å². The third-order valence-corrected chi connectivity index (χ3v) is 2.68. The Balaban J connectivity index is 2.78. The van der Waals surface area contributed by atoms with Crippen LogP contribution in [0.3, 0.4) is 0 Å². The summed E-state index contributed by atoms with van der Waals surface area (Å²) >= 11 is 7.75. The number of hydrogen-bond donors (Lipinski definition) is 0. The summed E-state index contributed by atoms with van der Waals surface area (Å²) in [6, 6.07) is 7.52. The van der Waals surface area contributed by atoms with Gasteiger partial charge in [0.25, 0.3) is 5.91 Å². The molecule has 1 aromatic carbocycles. The molecule has 1 amide bonds. The van der Waals surface area contributed by atoms with Crippen LogP contribution >= 0.6 is 34.2 Å². The summed E-state index contributed by atoms with van der Waals surface area (Å²) < 4.78 is 1.06. The maximum Gasteiger partial charge on any atom is 0.253 e. The Morgan fingerprint density at radius 2 is 2.29 bits per heavy atom. The number of nitrogens with zero attached hydrogens (tertiary/aromatic N) is 1. The van der Waals surface area contributed by atoms with E-state index in [0.29, 0.717) is 18.0 Å². The Morgan fingerprint density at radius 3 is 2.86 bits per heavy atom. The number of carbonyl (C=O) groups is 1. The first kappa shape index (κ1) is 11.8. The first-order valence-corrected chi connectivity index (χ1v) is 5.83. The van der Waals surface area contributed by atoms with Crippen molar-refractivity contribution in [1.82, 2.24) is 4.90 Å². The Kier molecular flexibility index (Phi) is 4.68. The van der Waals surface area contributed by atoms with Gasteiger partial charge >= 0.3 is 0 Å². The van der Waals surface area contributed by atoms with Gasteiger partial charge in [0, 0.05) is 28.6 Å². The van der Waals surface area contributed by atoms with Crippen molar-refractivity contribution in [2.24, 2.45) is 0 Å². The molecule has 76 valence electrons. The highest BCUT2D eigenvalue weighted by Gasteiger charge is 2.10. The highest BCUT2D eigenvalue weighted by molar-refractivity contribution is 14.1. The van der Waals surface area contributed by atoms with Crippen molar-refractivity contribution in [3.63, 3.8) is 0 Å². The third kappa shape index (κ3) is 3.13. The molecule has 2 nitrogen and oxygen atoms in total. The Morgan fingerprint density at radius 1 is 1.57 bits per heavy atom. The molecule has 0 aliphatic rings. The fourth-order valence-electron chi connectivity index (χ4n) is 1.07. The van der Waals surface area contributed by atoms with Crippen LogP contribution in [0.25, 0.3) is 0 Å².